The molecule has 0 bridgehead atoms. The molecule has 19 heavy (non-hydrogen) atoms. The van der Waals surface area contributed by atoms with E-state index in [-0.39, 0.29) is 12.4 Å². The lowest BCUT2D eigenvalue weighted by molar-refractivity contribution is 0.584. The summed E-state index contributed by atoms with van der Waals surface area (Å²) in [5, 5.41) is 3.33. The smallest absolute Gasteiger partial charge is 0.147 e. The zero-order valence-corrected chi connectivity index (χ0v) is 11.4. The van der Waals surface area contributed by atoms with Gasteiger partial charge in [-0.3, -0.25) is 4.98 Å². The molecule has 0 aliphatic carbocycles. The highest BCUT2D eigenvalue weighted by Gasteiger charge is 2.11. The third-order valence-corrected chi connectivity index (χ3v) is 3.15. The molecule has 1 aliphatic rings. The van der Waals surface area contributed by atoms with Crippen molar-refractivity contribution >= 4 is 18.2 Å². The summed E-state index contributed by atoms with van der Waals surface area (Å²) in [6, 6.07) is 10.1. The maximum absolute atomic E-state index is 4.51. The molecule has 1 aromatic carbocycles. The van der Waals surface area contributed by atoms with E-state index in [4.69, 9.17) is 0 Å². The van der Waals surface area contributed by atoms with Crippen molar-refractivity contribution in [3.05, 3.63) is 42.7 Å². The maximum atomic E-state index is 4.51. The van der Waals surface area contributed by atoms with Crippen LogP contribution < -0.4 is 10.2 Å². The van der Waals surface area contributed by atoms with Gasteiger partial charge in [0.25, 0.3) is 0 Å². The molecule has 5 heteroatoms. The third-order valence-electron chi connectivity index (χ3n) is 3.15. The monoisotopic (exact) mass is 276 g/mol. The van der Waals surface area contributed by atoms with E-state index in [1.807, 2.05) is 30.6 Å². The lowest BCUT2D eigenvalue weighted by Gasteiger charge is -2.28. The Morgan fingerprint density at radius 3 is 2.32 bits per heavy atom. The second-order valence-electron chi connectivity index (χ2n) is 4.36. The van der Waals surface area contributed by atoms with E-state index in [0.29, 0.717) is 0 Å². The Hall–Kier alpha value is -1.65. The Labute approximate surface area is 119 Å². The number of anilines is 1. The molecule has 2 heterocycles. The van der Waals surface area contributed by atoms with Crippen LogP contribution in [0.4, 0.5) is 5.82 Å². The molecule has 0 saturated carbocycles. The molecule has 1 saturated heterocycles. The third kappa shape index (κ3) is 3.22. The Morgan fingerprint density at radius 2 is 1.68 bits per heavy atom. The van der Waals surface area contributed by atoms with E-state index in [2.05, 4.69) is 32.3 Å². The number of nitrogens with one attached hydrogen (secondary N) is 1. The van der Waals surface area contributed by atoms with Gasteiger partial charge >= 0.3 is 0 Å². The van der Waals surface area contributed by atoms with Crippen LogP contribution in [0.15, 0.2) is 42.7 Å². The molecular formula is C14H17ClN4. The van der Waals surface area contributed by atoms with Gasteiger partial charge in [-0.25, -0.2) is 4.98 Å². The van der Waals surface area contributed by atoms with Gasteiger partial charge in [0.05, 0.1) is 18.1 Å². The predicted octanol–water partition coefficient (Wildman–Crippen LogP) is 1.97. The summed E-state index contributed by atoms with van der Waals surface area (Å²) in [4.78, 5) is 11.3. The average Bonchev–Trinajstić information content (AvgIpc) is 2.49. The summed E-state index contributed by atoms with van der Waals surface area (Å²) in [5.41, 5.74) is 2.03. The lowest BCUT2D eigenvalue weighted by atomic mass is 10.2. The Morgan fingerprint density at radius 1 is 0.947 bits per heavy atom. The zero-order valence-electron chi connectivity index (χ0n) is 10.6. The van der Waals surface area contributed by atoms with Gasteiger partial charge in [0, 0.05) is 31.7 Å². The van der Waals surface area contributed by atoms with Crippen molar-refractivity contribution in [3.63, 3.8) is 0 Å². The van der Waals surface area contributed by atoms with Crippen LogP contribution in [-0.4, -0.2) is 36.1 Å². The first-order valence-electron chi connectivity index (χ1n) is 6.26. The van der Waals surface area contributed by atoms with Crippen LogP contribution in [0.3, 0.4) is 0 Å². The number of rotatable bonds is 2. The normalized spacial score (nSPS) is 14.8. The highest BCUT2D eigenvalue weighted by molar-refractivity contribution is 5.85. The minimum absolute atomic E-state index is 0. The van der Waals surface area contributed by atoms with Crippen molar-refractivity contribution in [1.82, 2.24) is 15.3 Å². The predicted molar refractivity (Wildman–Crippen MR) is 79.8 cm³/mol. The highest BCUT2D eigenvalue weighted by atomic mass is 35.5. The molecule has 0 amide bonds. The average molecular weight is 277 g/mol. The number of nitrogens with zero attached hydrogens (tertiary/aromatic N) is 3. The van der Waals surface area contributed by atoms with Gasteiger partial charge in [-0.1, -0.05) is 30.3 Å². The van der Waals surface area contributed by atoms with Gasteiger partial charge < -0.3 is 10.2 Å². The number of benzene rings is 1. The van der Waals surface area contributed by atoms with Crippen molar-refractivity contribution in [1.29, 1.82) is 0 Å². The topological polar surface area (TPSA) is 41.1 Å². The molecular weight excluding hydrogens is 260 g/mol. The number of hydrogen-bond acceptors (Lipinski definition) is 4. The van der Waals surface area contributed by atoms with Crippen molar-refractivity contribution in [2.75, 3.05) is 31.1 Å². The minimum Gasteiger partial charge on any atom is -0.353 e. The first kappa shape index (κ1) is 13.8. The molecule has 0 atom stereocenters. The second kappa shape index (κ2) is 6.50. The van der Waals surface area contributed by atoms with E-state index in [9.17, 15) is 0 Å². The molecule has 1 aliphatic heterocycles. The van der Waals surface area contributed by atoms with E-state index < -0.39 is 0 Å². The second-order valence-corrected chi connectivity index (χ2v) is 4.36. The molecule has 4 nitrogen and oxygen atoms in total. The molecule has 1 fully saturated rings. The zero-order chi connectivity index (χ0) is 12.2. The summed E-state index contributed by atoms with van der Waals surface area (Å²) in [6.07, 6.45) is 3.72. The first-order chi connectivity index (χ1) is 8.93. The summed E-state index contributed by atoms with van der Waals surface area (Å²) < 4.78 is 0. The van der Waals surface area contributed by atoms with Gasteiger partial charge in [-0.05, 0) is 0 Å². The van der Waals surface area contributed by atoms with Crippen LogP contribution in [0.25, 0.3) is 11.3 Å². The van der Waals surface area contributed by atoms with Crippen LogP contribution >= 0.6 is 12.4 Å². The van der Waals surface area contributed by atoms with E-state index >= 15 is 0 Å². The first-order valence-corrected chi connectivity index (χ1v) is 6.26. The summed E-state index contributed by atoms with van der Waals surface area (Å²) in [7, 11) is 0. The number of hydrogen-bond donors (Lipinski definition) is 1. The molecule has 1 N–H and O–H groups in total. The Bertz CT molecular complexity index is 495. The van der Waals surface area contributed by atoms with E-state index in [0.717, 1.165) is 43.3 Å². The maximum Gasteiger partial charge on any atom is 0.147 e. The van der Waals surface area contributed by atoms with E-state index in [1.54, 1.807) is 0 Å². The number of halogens is 1. The van der Waals surface area contributed by atoms with Gasteiger partial charge in [0.2, 0.25) is 0 Å². The van der Waals surface area contributed by atoms with Gasteiger partial charge in [0.15, 0.2) is 0 Å². The number of aromatic nitrogens is 2. The summed E-state index contributed by atoms with van der Waals surface area (Å²) in [6.45, 7) is 4.03. The quantitative estimate of drug-likeness (QED) is 0.911. The lowest BCUT2D eigenvalue weighted by Crippen LogP contribution is -2.43. The van der Waals surface area contributed by atoms with Crippen molar-refractivity contribution < 1.29 is 0 Å². The summed E-state index contributed by atoms with van der Waals surface area (Å²) in [5.74, 6) is 0.969. The summed E-state index contributed by atoms with van der Waals surface area (Å²) >= 11 is 0. The molecule has 0 spiro atoms. The Balaban J connectivity index is 0.00000133. The largest absolute Gasteiger partial charge is 0.353 e. The van der Waals surface area contributed by atoms with Crippen molar-refractivity contribution in [2.45, 2.75) is 0 Å². The van der Waals surface area contributed by atoms with Crippen molar-refractivity contribution in [3.8, 4) is 11.3 Å². The van der Waals surface area contributed by atoms with Crippen LogP contribution in [0.5, 0.6) is 0 Å². The van der Waals surface area contributed by atoms with Gasteiger partial charge in [-0.2, -0.15) is 0 Å². The molecule has 2 aromatic rings. The molecule has 3 rings (SSSR count). The highest BCUT2D eigenvalue weighted by Crippen LogP contribution is 2.17. The van der Waals surface area contributed by atoms with Crippen LogP contribution in [0, 0.1) is 0 Å². The molecule has 0 radical (unpaired) electrons. The van der Waals surface area contributed by atoms with Crippen LogP contribution in [0.1, 0.15) is 0 Å². The fraction of sp³-hybridized carbons (Fsp3) is 0.286. The van der Waals surface area contributed by atoms with Crippen molar-refractivity contribution in [2.24, 2.45) is 0 Å². The fourth-order valence-corrected chi connectivity index (χ4v) is 2.14. The Kier molecular flexibility index (Phi) is 4.71. The van der Waals surface area contributed by atoms with Crippen LogP contribution in [0.2, 0.25) is 0 Å². The SMILES string of the molecule is Cl.c1ccc(-c2cnc(N3CCNCC3)cn2)cc1. The molecule has 0 unspecified atom stereocenters. The van der Waals surface area contributed by atoms with Gasteiger partial charge in [0.1, 0.15) is 5.82 Å². The van der Waals surface area contributed by atoms with E-state index in [1.165, 1.54) is 0 Å². The fourth-order valence-electron chi connectivity index (χ4n) is 2.14. The van der Waals surface area contributed by atoms with Gasteiger partial charge in [-0.15, -0.1) is 12.4 Å². The molecule has 100 valence electrons. The number of piperazine rings is 1. The van der Waals surface area contributed by atoms with Crippen LogP contribution in [-0.2, 0) is 0 Å². The molecule has 1 aromatic heterocycles. The minimum atomic E-state index is 0. The standard InChI is InChI=1S/C14H16N4.ClH/c1-2-4-12(5-3-1)13-10-17-14(11-16-13)18-8-6-15-7-9-18;/h1-5,10-11,15H,6-9H2;1H.